The van der Waals surface area contributed by atoms with E-state index in [1.165, 1.54) is 24.9 Å². The van der Waals surface area contributed by atoms with Gasteiger partial charge in [0.05, 0.1) is 30.8 Å². The topological polar surface area (TPSA) is 120 Å². The number of nitrogens with zero attached hydrogens (tertiary/aromatic N) is 2. The predicted octanol–water partition coefficient (Wildman–Crippen LogP) is 0.943. The maximum Gasteiger partial charge on any atom is 0.250 e. The zero-order valence-electron chi connectivity index (χ0n) is 16.7. The number of ether oxygens (including phenoxy) is 3. The fourth-order valence-corrected chi connectivity index (χ4v) is 3.93. The normalized spacial score (nSPS) is 22.4. The van der Waals surface area contributed by atoms with Gasteiger partial charge in [0.15, 0.2) is 11.3 Å². The van der Waals surface area contributed by atoms with E-state index in [0.717, 1.165) is 0 Å². The number of rotatable bonds is 6. The molecule has 8 nitrogen and oxygen atoms in total. The van der Waals surface area contributed by atoms with Gasteiger partial charge in [-0.3, -0.25) is 10.5 Å². The molecule has 29 heavy (non-hydrogen) atoms. The summed E-state index contributed by atoms with van der Waals surface area (Å²) in [6.07, 6.45) is 1.67. The highest BCUT2D eigenvalue weighted by Crippen LogP contribution is 2.48. The fraction of sp³-hybridized carbons (Fsp3) is 0.429. The van der Waals surface area contributed by atoms with Gasteiger partial charge in [-0.05, 0) is 30.7 Å². The van der Waals surface area contributed by atoms with Crippen molar-refractivity contribution in [2.24, 2.45) is 5.73 Å². The third kappa shape index (κ3) is 3.43. The van der Waals surface area contributed by atoms with Crippen molar-refractivity contribution in [2.45, 2.75) is 30.7 Å². The van der Waals surface area contributed by atoms with E-state index >= 15 is 0 Å². The second-order valence-corrected chi connectivity index (χ2v) is 7.17. The summed E-state index contributed by atoms with van der Waals surface area (Å²) in [5, 5.41) is 21.0. The van der Waals surface area contributed by atoms with Gasteiger partial charge in [-0.1, -0.05) is 6.07 Å². The van der Waals surface area contributed by atoms with E-state index < -0.39 is 17.2 Å². The molecular formula is C21H25N3O5. The molecule has 3 N–H and O–H groups in total. The van der Waals surface area contributed by atoms with Crippen LogP contribution in [0.3, 0.4) is 0 Å². The average molecular weight is 399 g/mol. The van der Waals surface area contributed by atoms with Crippen LogP contribution in [0.4, 0.5) is 0 Å². The first kappa shape index (κ1) is 21.0. The number of hydrogen-bond acceptors (Lipinski definition) is 7. The molecule has 154 valence electrons. The van der Waals surface area contributed by atoms with Crippen LogP contribution in [0.25, 0.3) is 0 Å². The number of fused-ring (bicyclic) bond motifs is 1. The Morgan fingerprint density at radius 3 is 2.55 bits per heavy atom. The van der Waals surface area contributed by atoms with Gasteiger partial charge < -0.3 is 23.9 Å². The lowest BCUT2D eigenvalue weighted by Crippen LogP contribution is -2.72. The molecule has 2 aromatic rings. The molecule has 0 radical (unpaired) electrons. The minimum Gasteiger partial charge on any atom is -0.478 e. The molecule has 0 spiro atoms. The van der Waals surface area contributed by atoms with Gasteiger partial charge in [-0.25, -0.2) is 0 Å². The minimum atomic E-state index is -1.96. The van der Waals surface area contributed by atoms with Crippen molar-refractivity contribution in [3.63, 3.8) is 0 Å². The Hall–Kier alpha value is -2.70. The molecule has 1 aromatic carbocycles. The lowest BCUT2D eigenvalue weighted by Gasteiger charge is -2.51. The molecule has 1 aromatic heterocycles. The molecule has 8 heteroatoms. The standard InChI is InChI=1S/C21H25N3O5/c1-4-24-11-15(6-8-18(24)25)19-16-9-14(10-22)5-7-17(16)29-20(12-27-2,13-28-3)21(19,23)26/h5-9,11,19,26H,4,12-13,23H2,1-3H3/t19-,21+/m1/s1. The van der Waals surface area contributed by atoms with Crippen molar-refractivity contribution in [3.8, 4) is 11.8 Å². The van der Waals surface area contributed by atoms with Crippen LogP contribution in [-0.2, 0) is 16.0 Å². The molecule has 1 aliphatic rings. The fourth-order valence-electron chi connectivity index (χ4n) is 3.93. The first-order valence-corrected chi connectivity index (χ1v) is 9.26. The number of pyridine rings is 1. The Kier molecular flexibility index (Phi) is 5.78. The number of nitriles is 1. The highest BCUT2D eigenvalue weighted by molar-refractivity contribution is 5.52. The van der Waals surface area contributed by atoms with Crippen LogP contribution in [0, 0.1) is 11.3 Å². The van der Waals surface area contributed by atoms with E-state index in [0.29, 0.717) is 29.0 Å². The third-order valence-electron chi connectivity index (χ3n) is 5.36. The van der Waals surface area contributed by atoms with E-state index in [1.807, 2.05) is 6.92 Å². The number of nitrogens with two attached hydrogens (primary N) is 1. The molecule has 0 amide bonds. The van der Waals surface area contributed by atoms with E-state index in [2.05, 4.69) is 6.07 Å². The summed E-state index contributed by atoms with van der Waals surface area (Å²) < 4.78 is 18.3. The van der Waals surface area contributed by atoms with Gasteiger partial charge in [0.2, 0.25) is 0 Å². The van der Waals surface area contributed by atoms with Gasteiger partial charge in [-0.15, -0.1) is 0 Å². The summed E-state index contributed by atoms with van der Waals surface area (Å²) in [7, 11) is 2.97. The number of aromatic nitrogens is 1. The lowest BCUT2D eigenvalue weighted by molar-refractivity contribution is -0.198. The van der Waals surface area contributed by atoms with Gasteiger partial charge in [0.25, 0.3) is 5.56 Å². The average Bonchev–Trinajstić information content (AvgIpc) is 2.69. The molecular weight excluding hydrogens is 374 g/mol. The Balaban J connectivity index is 2.30. The van der Waals surface area contributed by atoms with E-state index in [4.69, 9.17) is 19.9 Å². The molecule has 0 saturated heterocycles. The van der Waals surface area contributed by atoms with Crippen LogP contribution in [0.1, 0.15) is 29.5 Å². The second kappa shape index (κ2) is 7.97. The monoisotopic (exact) mass is 399 g/mol. The molecule has 1 aliphatic heterocycles. The summed E-state index contributed by atoms with van der Waals surface area (Å²) in [4.78, 5) is 12.1. The Morgan fingerprint density at radius 2 is 1.97 bits per heavy atom. The molecule has 0 saturated carbocycles. The third-order valence-corrected chi connectivity index (χ3v) is 5.36. The van der Waals surface area contributed by atoms with Crippen molar-refractivity contribution < 1.29 is 19.3 Å². The number of aryl methyl sites for hydroxylation is 1. The first-order valence-electron chi connectivity index (χ1n) is 9.26. The minimum absolute atomic E-state index is 0.0306. The largest absolute Gasteiger partial charge is 0.478 e. The molecule has 2 atom stereocenters. The van der Waals surface area contributed by atoms with E-state index in [-0.39, 0.29) is 18.8 Å². The first-order chi connectivity index (χ1) is 13.8. The van der Waals surface area contributed by atoms with Crippen LogP contribution in [0.5, 0.6) is 5.75 Å². The van der Waals surface area contributed by atoms with E-state index in [1.54, 1.807) is 30.5 Å². The summed E-state index contributed by atoms with van der Waals surface area (Å²) in [6, 6.07) is 10.1. The van der Waals surface area contributed by atoms with Crippen molar-refractivity contribution in [1.82, 2.24) is 4.57 Å². The van der Waals surface area contributed by atoms with Crippen LogP contribution in [-0.4, -0.2) is 48.4 Å². The molecule has 0 unspecified atom stereocenters. The zero-order valence-corrected chi connectivity index (χ0v) is 16.7. The quantitative estimate of drug-likeness (QED) is 0.694. The van der Waals surface area contributed by atoms with Crippen LogP contribution in [0.2, 0.25) is 0 Å². The van der Waals surface area contributed by atoms with E-state index in [9.17, 15) is 15.2 Å². The van der Waals surface area contributed by atoms with Gasteiger partial charge in [0.1, 0.15) is 5.75 Å². The molecule has 0 bridgehead atoms. The van der Waals surface area contributed by atoms with Gasteiger partial charge >= 0.3 is 0 Å². The SMILES string of the molecule is CCn1cc([C@@H]2c3cc(C#N)ccc3OC(COC)(COC)[C@@]2(N)O)ccc1=O. The highest BCUT2D eigenvalue weighted by Gasteiger charge is 2.60. The van der Waals surface area contributed by atoms with Crippen molar-refractivity contribution in [3.05, 3.63) is 63.6 Å². The Bertz CT molecular complexity index is 987. The van der Waals surface area contributed by atoms with Crippen LogP contribution >= 0.6 is 0 Å². The van der Waals surface area contributed by atoms with Crippen molar-refractivity contribution >= 4 is 0 Å². The smallest absolute Gasteiger partial charge is 0.250 e. The molecule has 2 heterocycles. The molecule has 0 fully saturated rings. The van der Waals surface area contributed by atoms with Crippen molar-refractivity contribution in [2.75, 3.05) is 27.4 Å². The number of methoxy groups -OCH3 is 2. The maximum atomic E-state index is 12.1. The molecule has 0 aliphatic carbocycles. The zero-order chi connectivity index (χ0) is 21.2. The van der Waals surface area contributed by atoms with Gasteiger partial charge in [-0.2, -0.15) is 5.26 Å². The van der Waals surface area contributed by atoms with Crippen molar-refractivity contribution in [1.29, 1.82) is 5.26 Å². The molecule has 3 rings (SSSR count). The summed E-state index contributed by atoms with van der Waals surface area (Å²) >= 11 is 0. The summed E-state index contributed by atoms with van der Waals surface area (Å²) in [5.41, 5.74) is 4.59. The Morgan fingerprint density at radius 1 is 1.28 bits per heavy atom. The second-order valence-electron chi connectivity index (χ2n) is 7.17. The Labute approximate surface area is 169 Å². The summed E-state index contributed by atoms with van der Waals surface area (Å²) in [5.74, 6) is -0.323. The number of hydrogen-bond donors (Lipinski definition) is 2. The highest BCUT2D eigenvalue weighted by atomic mass is 16.6. The van der Waals surface area contributed by atoms with Crippen LogP contribution < -0.4 is 16.0 Å². The number of benzene rings is 1. The van der Waals surface area contributed by atoms with Gasteiger partial charge in [0, 0.05) is 38.6 Å². The van der Waals surface area contributed by atoms with Crippen LogP contribution in [0.15, 0.2) is 41.3 Å². The number of aliphatic hydroxyl groups is 1. The maximum absolute atomic E-state index is 12.1. The lowest BCUT2D eigenvalue weighted by atomic mass is 9.72. The summed E-state index contributed by atoms with van der Waals surface area (Å²) in [6.45, 7) is 2.26. The predicted molar refractivity (Wildman–Crippen MR) is 106 cm³/mol.